The monoisotopic (exact) mass is 301 g/mol. The van der Waals surface area contributed by atoms with Gasteiger partial charge in [0, 0.05) is 6.04 Å². The van der Waals surface area contributed by atoms with Crippen LogP contribution in [0.2, 0.25) is 4.34 Å². The van der Waals surface area contributed by atoms with Crippen LogP contribution < -0.4 is 5.32 Å². The molecule has 1 saturated carbocycles. The highest BCUT2D eigenvalue weighted by molar-refractivity contribution is 7.17. The number of thiophene rings is 1. The first-order chi connectivity index (χ1) is 9.06. The molecule has 1 N–H and O–H groups in total. The summed E-state index contributed by atoms with van der Waals surface area (Å²) in [6, 6.07) is 3.45. The second kappa shape index (κ2) is 6.39. The standard InChI is InChI=1S/C13H16ClNO3S/c1-8(12(16)15-9-4-2-3-5-9)18-13(17)10-6-7-11(14)19-10/h6-9H,2-5H2,1H3,(H,15,16)/t8-/m0/s1. The fraction of sp³-hybridized carbons (Fsp3) is 0.538. The van der Waals surface area contributed by atoms with Crippen molar-refractivity contribution in [2.45, 2.75) is 44.8 Å². The Morgan fingerprint density at radius 1 is 1.42 bits per heavy atom. The second-order valence-corrected chi connectivity index (χ2v) is 6.36. The summed E-state index contributed by atoms with van der Waals surface area (Å²) in [5.41, 5.74) is 0. The van der Waals surface area contributed by atoms with Crippen molar-refractivity contribution in [3.05, 3.63) is 21.3 Å². The first-order valence-corrected chi connectivity index (χ1v) is 7.52. The van der Waals surface area contributed by atoms with Crippen molar-refractivity contribution >= 4 is 34.8 Å². The average molecular weight is 302 g/mol. The minimum absolute atomic E-state index is 0.227. The molecule has 1 fully saturated rings. The number of hydrogen-bond acceptors (Lipinski definition) is 4. The minimum atomic E-state index is -0.783. The summed E-state index contributed by atoms with van der Waals surface area (Å²) < 4.78 is 5.65. The van der Waals surface area contributed by atoms with Crippen molar-refractivity contribution in [3.63, 3.8) is 0 Å². The molecule has 104 valence electrons. The smallest absolute Gasteiger partial charge is 0.349 e. The molecule has 1 aliphatic carbocycles. The average Bonchev–Trinajstić information content (AvgIpc) is 3.00. The molecule has 2 rings (SSSR count). The van der Waals surface area contributed by atoms with E-state index in [2.05, 4.69) is 5.32 Å². The topological polar surface area (TPSA) is 55.4 Å². The first kappa shape index (κ1) is 14.3. The van der Waals surface area contributed by atoms with E-state index >= 15 is 0 Å². The lowest BCUT2D eigenvalue weighted by atomic mass is 10.2. The van der Waals surface area contributed by atoms with E-state index < -0.39 is 12.1 Å². The predicted molar refractivity (Wildman–Crippen MR) is 74.6 cm³/mol. The highest BCUT2D eigenvalue weighted by Crippen LogP contribution is 2.22. The van der Waals surface area contributed by atoms with Crippen LogP contribution in [0.4, 0.5) is 0 Å². The van der Waals surface area contributed by atoms with E-state index in [-0.39, 0.29) is 11.9 Å². The number of nitrogens with one attached hydrogen (secondary N) is 1. The van der Waals surface area contributed by atoms with Crippen LogP contribution in [0, 0.1) is 0 Å². The van der Waals surface area contributed by atoms with Gasteiger partial charge in [-0.3, -0.25) is 4.79 Å². The van der Waals surface area contributed by atoms with Crippen molar-refractivity contribution < 1.29 is 14.3 Å². The van der Waals surface area contributed by atoms with Crippen LogP contribution in [0.25, 0.3) is 0 Å². The summed E-state index contributed by atoms with van der Waals surface area (Å²) in [5, 5.41) is 2.90. The van der Waals surface area contributed by atoms with Gasteiger partial charge in [-0.1, -0.05) is 24.4 Å². The Kier molecular flexibility index (Phi) is 4.82. The number of esters is 1. The van der Waals surface area contributed by atoms with Gasteiger partial charge in [-0.05, 0) is 31.9 Å². The molecule has 6 heteroatoms. The van der Waals surface area contributed by atoms with E-state index in [1.807, 2.05) is 0 Å². The SMILES string of the molecule is C[C@H](OC(=O)c1ccc(Cl)s1)C(=O)NC1CCCC1. The lowest BCUT2D eigenvalue weighted by Crippen LogP contribution is -2.40. The molecule has 1 atom stereocenters. The molecule has 1 amide bonds. The van der Waals surface area contributed by atoms with Gasteiger partial charge in [0.25, 0.3) is 5.91 Å². The molecule has 0 unspecified atom stereocenters. The van der Waals surface area contributed by atoms with E-state index in [0.29, 0.717) is 9.21 Å². The van der Waals surface area contributed by atoms with Gasteiger partial charge in [0.1, 0.15) is 4.88 Å². The molecule has 1 aromatic rings. The lowest BCUT2D eigenvalue weighted by molar-refractivity contribution is -0.129. The molecular formula is C13H16ClNO3S. The molecular weight excluding hydrogens is 286 g/mol. The second-order valence-electron chi connectivity index (χ2n) is 4.64. The third-order valence-corrected chi connectivity index (χ3v) is 4.34. The van der Waals surface area contributed by atoms with Gasteiger partial charge in [0.2, 0.25) is 0 Å². The Morgan fingerprint density at radius 2 is 2.11 bits per heavy atom. The van der Waals surface area contributed by atoms with E-state index in [1.165, 1.54) is 0 Å². The molecule has 0 radical (unpaired) electrons. The molecule has 1 aliphatic rings. The molecule has 0 aliphatic heterocycles. The molecule has 1 heterocycles. The van der Waals surface area contributed by atoms with Crippen LogP contribution in [0.1, 0.15) is 42.3 Å². The summed E-state index contributed by atoms with van der Waals surface area (Å²) in [6.45, 7) is 1.58. The number of amides is 1. The molecule has 0 saturated heterocycles. The highest BCUT2D eigenvalue weighted by Gasteiger charge is 2.23. The number of carbonyl (C=O) groups excluding carboxylic acids is 2. The van der Waals surface area contributed by atoms with Gasteiger partial charge >= 0.3 is 5.97 Å². The Balaban J connectivity index is 1.84. The van der Waals surface area contributed by atoms with Crippen LogP contribution in [0.5, 0.6) is 0 Å². The fourth-order valence-electron chi connectivity index (χ4n) is 2.08. The van der Waals surface area contributed by atoms with E-state index in [9.17, 15) is 9.59 Å². The van der Waals surface area contributed by atoms with Crippen molar-refractivity contribution in [1.29, 1.82) is 0 Å². The summed E-state index contributed by atoms with van der Waals surface area (Å²) in [5.74, 6) is -0.742. The summed E-state index contributed by atoms with van der Waals surface area (Å²) >= 11 is 6.89. The molecule has 1 aromatic heterocycles. The van der Waals surface area contributed by atoms with Gasteiger partial charge in [-0.2, -0.15) is 0 Å². The molecule has 4 nitrogen and oxygen atoms in total. The number of carbonyl (C=O) groups is 2. The number of hydrogen-bond donors (Lipinski definition) is 1. The zero-order valence-electron chi connectivity index (χ0n) is 10.6. The van der Waals surface area contributed by atoms with Crippen LogP contribution >= 0.6 is 22.9 Å². The highest BCUT2D eigenvalue weighted by atomic mass is 35.5. The largest absolute Gasteiger partial charge is 0.448 e. The molecule has 0 aromatic carbocycles. The van der Waals surface area contributed by atoms with E-state index in [0.717, 1.165) is 37.0 Å². The third-order valence-electron chi connectivity index (χ3n) is 3.13. The maximum Gasteiger partial charge on any atom is 0.349 e. The van der Waals surface area contributed by atoms with Crippen LogP contribution in [-0.4, -0.2) is 24.0 Å². The number of ether oxygens (including phenoxy) is 1. The van der Waals surface area contributed by atoms with Crippen LogP contribution in [-0.2, 0) is 9.53 Å². The molecule has 0 spiro atoms. The van der Waals surface area contributed by atoms with Crippen molar-refractivity contribution in [3.8, 4) is 0 Å². The summed E-state index contributed by atoms with van der Waals surface area (Å²) in [6.07, 6.45) is 3.52. The summed E-state index contributed by atoms with van der Waals surface area (Å²) in [7, 11) is 0. The van der Waals surface area contributed by atoms with E-state index in [4.69, 9.17) is 16.3 Å². The quantitative estimate of drug-likeness (QED) is 0.870. The number of halogens is 1. The van der Waals surface area contributed by atoms with Gasteiger partial charge in [-0.15, -0.1) is 11.3 Å². The summed E-state index contributed by atoms with van der Waals surface area (Å²) in [4.78, 5) is 24.0. The zero-order valence-corrected chi connectivity index (χ0v) is 12.2. The van der Waals surface area contributed by atoms with Crippen LogP contribution in [0.15, 0.2) is 12.1 Å². The van der Waals surface area contributed by atoms with Gasteiger partial charge in [0.05, 0.1) is 4.34 Å². The first-order valence-electron chi connectivity index (χ1n) is 6.33. The number of rotatable bonds is 4. The van der Waals surface area contributed by atoms with Crippen molar-refractivity contribution in [2.24, 2.45) is 0 Å². The zero-order chi connectivity index (χ0) is 13.8. The Hall–Kier alpha value is -1.07. The predicted octanol–water partition coefficient (Wildman–Crippen LogP) is 3.01. The molecule has 19 heavy (non-hydrogen) atoms. The Labute approximate surface area is 121 Å². The maximum atomic E-state index is 11.9. The fourth-order valence-corrected chi connectivity index (χ4v) is 3.01. The van der Waals surface area contributed by atoms with Crippen LogP contribution in [0.3, 0.4) is 0 Å². The van der Waals surface area contributed by atoms with Gasteiger partial charge in [0.15, 0.2) is 6.10 Å². The van der Waals surface area contributed by atoms with Gasteiger partial charge < -0.3 is 10.1 Å². The Bertz CT molecular complexity index is 468. The van der Waals surface area contributed by atoms with E-state index in [1.54, 1.807) is 19.1 Å². The Morgan fingerprint density at radius 3 is 2.68 bits per heavy atom. The van der Waals surface area contributed by atoms with Crippen molar-refractivity contribution in [1.82, 2.24) is 5.32 Å². The molecule has 0 bridgehead atoms. The lowest BCUT2D eigenvalue weighted by Gasteiger charge is -2.16. The third kappa shape index (κ3) is 3.94. The minimum Gasteiger partial charge on any atom is -0.448 e. The van der Waals surface area contributed by atoms with Crippen molar-refractivity contribution in [2.75, 3.05) is 0 Å². The normalized spacial score (nSPS) is 17.2. The van der Waals surface area contributed by atoms with Gasteiger partial charge in [-0.25, -0.2) is 4.79 Å². The maximum absolute atomic E-state index is 11.9.